The van der Waals surface area contributed by atoms with Gasteiger partial charge in [0.2, 0.25) is 5.91 Å². The average Bonchev–Trinajstić information content (AvgIpc) is 3.11. The highest BCUT2D eigenvalue weighted by atomic mass is 32.1. The molecular formula is C20H33N5OS. The Bertz CT molecular complexity index is 625. The lowest BCUT2D eigenvalue weighted by atomic mass is 9.93. The van der Waals surface area contributed by atoms with Gasteiger partial charge in [0.1, 0.15) is 0 Å². The van der Waals surface area contributed by atoms with Gasteiger partial charge in [0.05, 0.1) is 10.7 Å². The first-order chi connectivity index (χ1) is 13.2. The minimum atomic E-state index is 0.153. The van der Waals surface area contributed by atoms with Gasteiger partial charge < -0.3 is 15.5 Å². The zero-order valence-electron chi connectivity index (χ0n) is 16.7. The monoisotopic (exact) mass is 391 g/mol. The van der Waals surface area contributed by atoms with Crippen molar-refractivity contribution in [1.82, 2.24) is 20.5 Å². The van der Waals surface area contributed by atoms with E-state index in [0.717, 1.165) is 51.3 Å². The number of rotatable bonds is 6. The average molecular weight is 392 g/mol. The van der Waals surface area contributed by atoms with Crippen molar-refractivity contribution in [2.24, 2.45) is 10.9 Å². The van der Waals surface area contributed by atoms with Gasteiger partial charge in [-0.15, -0.1) is 11.3 Å². The van der Waals surface area contributed by atoms with E-state index in [2.05, 4.69) is 20.5 Å². The van der Waals surface area contributed by atoms with Gasteiger partial charge in [-0.3, -0.25) is 9.79 Å². The minimum Gasteiger partial charge on any atom is -0.359 e. The molecule has 1 amide bonds. The normalized spacial score (nSPS) is 18.3. The molecule has 0 spiro atoms. The van der Waals surface area contributed by atoms with Crippen molar-refractivity contribution in [3.05, 3.63) is 15.6 Å². The third-order valence-corrected chi connectivity index (χ3v) is 6.84. The number of carbonyl (C=O) groups is 1. The van der Waals surface area contributed by atoms with E-state index in [0.29, 0.717) is 12.3 Å². The molecule has 1 aliphatic heterocycles. The number of nitrogens with one attached hydrogen (secondary N) is 2. The molecule has 6 nitrogen and oxygen atoms in total. The van der Waals surface area contributed by atoms with E-state index < -0.39 is 0 Å². The lowest BCUT2D eigenvalue weighted by Gasteiger charge is -2.34. The van der Waals surface area contributed by atoms with Crippen molar-refractivity contribution in [3.63, 3.8) is 0 Å². The Morgan fingerprint density at radius 2 is 2.07 bits per heavy atom. The van der Waals surface area contributed by atoms with Gasteiger partial charge >= 0.3 is 0 Å². The maximum atomic E-state index is 11.5. The number of fused-ring (bicyclic) bond motifs is 1. The first-order valence-corrected chi connectivity index (χ1v) is 11.1. The number of piperidine rings is 1. The lowest BCUT2D eigenvalue weighted by Crippen LogP contribution is -2.46. The zero-order valence-corrected chi connectivity index (χ0v) is 17.5. The summed E-state index contributed by atoms with van der Waals surface area (Å²) in [4.78, 5) is 24.7. The molecule has 1 aliphatic carbocycles. The Hall–Kier alpha value is -1.63. The van der Waals surface area contributed by atoms with Crippen molar-refractivity contribution >= 4 is 23.2 Å². The van der Waals surface area contributed by atoms with E-state index in [1.54, 1.807) is 7.05 Å². The molecule has 0 radical (unpaired) electrons. The quantitative estimate of drug-likeness (QED) is 0.444. The largest absolute Gasteiger partial charge is 0.359 e. The van der Waals surface area contributed by atoms with Crippen LogP contribution in [0, 0.1) is 5.92 Å². The van der Waals surface area contributed by atoms with Crippen molar-refractivity contribution in [3.8, 4) is 0 Å². The molecule has 1 fully saturated rings. The summed E-state index contributed by atoms with van der Waals surface area (Å²) >= 11 is 1.92. The molecule has 0 saturated carbocycles. The molecule has 2 heterocycles. The Kier molecular flexibility index (Phi) is 7.50. The van der Waals surface area contributed by atoms with Crippen LogP contribution < -0.4 is 10.6 Å². The van der Waals surface area contributed by atoms with E-state index >= 15 is 0 Å². The van der Waals surface area contributed by atoms with Crippen LogP contribution in [0.3, 0.4) is 0 Å². The smallest absolute Gasteiger partial charge is 0.220 e. The first-order valence-electron chi connectivity index (χ1n) is 10.3. The maximum absolute atomic E-state index is 11.5. The number of aliphatic imine (C=N–C) groups is 1. The molecule has 27 heavy (non-hydrogen) atoms. The van der Waals surface area contributed by atoms with Crippen LogP contribution in [0.4, 0.5) is 0 Å². The fraction of sp³-hybridized carbons (Fsp3) is 0.750. The van der Waals surface area contributed by atoms with Gasteiger partial charge in [0.25, 0.3) is 0 Å². The van der Waals surface area contributed by atoms with E-state index in [4.69, 9.17) is 4.98 Å². The highest BCUT2D eigenvalue weighted by molar-refractivity contribution is 7.11. The van der Waals surface area contributed by atoms with Gasteiger partial charge in [0, 0.05) is 51.4 Å². The molecule has 1 saturated heterocycles. The molecule has 3 rings (SSSR count). The van der Waals surface area contributed by atoms with E-state index in [1.807, 2.05) is 18.4 Å². The van der Waals surface area contributed by atoms with Crippen LogP contribution in [0.25, 0.3) is 0 Å². The van der Waals surface area contributed by atoms with Gasteiger partial charge in [-0.05, 0) is 50.9 Å². The number of amides is 1. The molecule has 1 aromatic rings. The predicted molar refractivity (Wildman–Crippen MR) is 111 cm³/mol. The number of guanidine groups is 1. The number of aromatic nitrogens is 1. The second kappa shape index (κ2) is 10.1. The van der Waals surface area contributed by atoms with Crippen LogP contribution in [0.5, 0.6) is 0 Å². The van der Waals surface area contributed by atoms with Crippen molar-refractivity contribution in [2.45, 2.75) is 57.8 Å². The summed E-state index contributed by atoms with van der Waals surface area (Å²) in [5.41, 5.74) is 1.37. The SMILES string of the molecule is CN=C(NCCCc1nc2c(s1)CCCC2)N1CCC(CC(=O)NC)CC1. The third-order valence-electron chi connectivity index (χ3n) is 5.62. The van der Waals surface area contributed by atoms with Gasteiger partial charge in [-0.2, -0.15) is 0 Å². The topological polar surface area (TPSA) is 69.6 Å². The second-order valence-electron chi connectivity index (χ2n) is 7.57. The molecular weight excluding hydrogens is 358 g/mol. The summed E-state index contributed by atoms with van der Waals surface area (Å²) in [7, 11) is 3.57. The van der Waals surface area contributed by atoms with Crippen LogP contribution in [-0.2, 0) is 24.1 Å². The summed E-state index contributed by atoms with van der Waals surface area (Å²) < 4.78 is 0. The van der Waals surface area contributed by atoms with Crippen LogP contribution in [0.1, 0.15) is 54.1 Å². The number of hydrogen-bond acceptors (Lipinski definition) is 4. The lowest BCUT2D eigenvalue weighted by molar-refractivity contribution is -0.121. The Morgan fingerprint density at radius 3 is 2.78 bits per heavy atom. The first kappa shape index (κ1) is 20.1. The van der Waals surface area contributed by atoms with Crippen molar-refractivity contribution in [2.75, 3.05) is 33.7 Å². The number of carbonyl (C=O) groups excluding carboxylic acids is 1. The molecule has 0 bridgehead atoms. The molecule has 0 unspecified atom stereocenters. The van der Waals surface area contributed by atoms with E-state index in [9.17, 15) is 4.79 Å². The minimum absolute atomic E-state index is 0.153. The van der Waals surface area contributed by atoms with Crippen LogP contribution in [0.15, 0.2) is 4.99 Å². The fourth-order valence-electron chi connectivity index (χ4n) is 4.00. The summed E-state index contributed by atoms with van der Waals surface area (Å²) in [6.45, 7) is 2.87. The van der Waals surface area contributed by atoms with Crippen molar-refractivity contribution in [1.29, 1.82) is 0 Å². The predicted octanol–water partition coefficient (Wildman–Crippen LogP) is 2.38. The highest BCUT2D eigenvalue weighted by Crippen LogP contribution is 2.27. The standard InChI is InChI=1S/C20H33N5OS/c1-21-18(26)14-15-9-12-25(13-10-15)20(22-2)23-11-5-8-19-24-16-6-3-4-7-17(16)27-19/h15H,3-14H2,1-2H3,(H,21,26)(H,22,23). The molecule has 150 valence electrons. The number of nitrogens with zero attached hydrogens (tertiary/aromatic N) is 3. The highest BCUT2D eigenvalue weighted by Gasteiger charge is 2.23. The molecule has 0 aromatic carbocycles. The van der Waals surface area contributed by atoms with Crippen LogP contribution >= 0.6 is 11.3 Å². The Morgan fingerprint density at radius 1 is 1.30 bits per heavy atom. The summed E-state index contributed by atoms with van der Waals surface area (Å²) in [6.07, 6.45) is 9.92. The third kappa shape index (κ3) is 5.67. The molecule has 0 atom stereocenters. The number of aryl methyl sites for hydroxylation is 3. The van der Waals surface area contributed by atoms with Gasteiger partial charge in [0.15, 0.2) is 5.96 Å². The van der Waals surface area contributed by atoms with Crippen molar-refractivity contribution < 1.29 is 4.79 Å². The number of likely N-dealkylation sites (tertiary alicyclic amines) is 1. The van der Waals surface area contributed by atoms with E-state index in [1.165, 1.54) is 41.3 Å². The maximum Gasteiger partial charge on any atom is 0.220 e. The summed E-state index contributed by atoms with van der Waals surface area (Å²) in [6, 6.07) is 0. The van der Waals surface area contributed by atoms with E-state index in [-0.39, 0.29) is 5.91 Å². The summed E-state index contributed by atoms with van der Waals surface area (Å²) in [5.74, 6) is 1.64. The molecule has 7 heteroatoms. The second-order valence-corrected chi connectivity index (χ2v) is 8.74. The van der Waals surface area contributed by atoms with Crippen LogP contribution in [0.2, 0.25) is 0 Å². The van der Waals surface area contributed by atoms with Crippen LogP contribution in [-0.4, -0.2) is 55.5 Å². The molecule has 2 N–H and O–H groups in total. The fourth-order valence-corrected chi connectivity index (χ4v) is 5.20. The Labute approximate surface area is 166 Å². The molecule has 1 aromatic heterocycles. The van der Waals surface area contributed by atoms with Gasteiger partial charge in [-0.25, -0.2) is 4.98 Å². The number of hydrogen-bond donors (Lipinski definition) is 2. The zero-order chi connectivity index (χ0) is 19.1. The Balaban J connectivity index is 1.37. The van der Waals surface area contributed by atoms with Gasteiger partial charge in [-0.1, -0.05) is 0 Å². The molecule has 2 aliphatic rings. The number of thiazole rings is 1. The summed E-state index contributed by atoms with van der Waals surface area (Å²) in [5, 5.41) is 7.54.